The highest BCUT2D eigenvalue weighted by atomic mass is 16.3. The van der Waals surface area contributed by atoms with Crippen molar-refractivity contribution in [2.45, 2.75) is 74.3 Å². The van der Waals surface area contributed by atoms with Crippen LogP contribution >= 0.6 is 0 Å². The second kappa shape index (κ2) is 9.73. The number of hydrogen-bond donors (Lipinski definition) is 1. The molecule has 0 bridgehead atoms. The van der Waals surface area contributed by atoms with Gasteiger partial charge in [0.05, 0.1) is 0 Å². The molecule has 1 nitrogen and oxygen atoms in total. The molecule has 1 aromatic carbocycles. The largest absolute Gasteiger partial charge is 0.384 e. The molecule has 1 unspecified atom stereocenters. The van der Waals surface area contributed by atoms with Gasteiger partial charge in [-0.3, -0.25) is 0 Å². The minimum atomic E-state index is -0.659. The lowest BCUT2D eigenvalue weighted by molar-refractivity contribution is 0.250. The van der Waals surface area contributed by atoms with Crippen molar-refractivity contribution >= 4 is 5.57 Å². The predicted molar refractivity (Wildman–Crippen MR) is 116 cm³/mol. The van der Waals surface area contributed by atoms with Gasteiger partial charge in [0.15, 0.2) is 0 Å². The highest BCUT2D eigenvalue weighted by molar-refractivity contribution is 5.70. The molecule has 1 atom stereocenters. The maximum atomic E-state index is 10.9. The van der Waals surface area contributed by atoms with Crippen LogP contribution in [0.15, 0.2) is 53.2 Å². The Balaban J connectivity index is 3.20. The summed E-state index contributed by atoms with van der Waals surface area (Å²) >= 11 is 0. The van der Waals surface area contributed by atoms with Crippen LogP contribution in [-0.4, -0.2) is 11.2 Å². The van der Waals surface area contributed by atoms with E-state index < -0.39 is 6.10 Å². The number of hydrogen-bond acceptors (Lipinski definition) is 1. The van der Waals surface area contributed by atoms with Crippen LogP contribution in [0.2, 0.25) is 0 Å². The molecule has 0 radical (unpaired) electrons. The van der Waals surface area contributed by atoms with Crippen molar-refractivity contribution in [1.29, 1.82) is 0 Å². The minimum absolute atomic E-state index is 0.659. The van der Waals surface area contributed by atoms with Crippen LogP contribution in [0.1, 0.15) is 69.7 Å². The van der Waals surface area contributed by atoms with Crippen LogP contribution in [0.25, 0.3) is 5.57 Å². The van der Waals surface area contributed by atoms with Crippen LogP contribution in [-0.2, 0) is 0 Å². The Morgan fingerprint density at radius 1 is 1.08 bits per heavy atom. The fourth-order valence-electron chi connectivity index (χ4n) is 3.10. The monoisotopic (exact) mass is 352 g/mol. The second-order valence-corrected chi connectivity index (χ2v) is 7.34. The first-order valence-electron chi connectivity index (χ1n) is 9.64. The van der Waals surface area contributed by atoms with Crippen LogP contribution in [0.5, 0.6) is 0 Å². The number of rotatable bonds is 7. The highest BCUT2D eigenvalue weighted by Gasteiger charge is 2.16. The molecular weight excluding hydrogens is 316 g/mol. The quantitative estimate of drug-likeness (QED) is 0.523. The van der Waals surface area contributed by atoms with E-state index in [0.717, 1.165) is 35.1 Å². The van der Waals surface area contributed by atoms with E-state index in [4.69, 9.17) is 0 Å². The van der Waals surface area contributed by atoms with E-state index in [0.29, 0.717) is 0 Å². The average Bonchev–Trinajstić information content (AvgIpc) is 2.62. The smallest absolute Gasteiger partial charge is 0.100 e. The third-order valence-electron chi connectivity index (χ3n) is 5.47. The van der Waals surface area contributed by atoms with Crippen LogP contribution in [0, 0.1) is 20.8 Å². The first-order valence-corrected chi connectivity index (χ1v) is 9.64. The SMILES string of the molecule is C=C(/C(C)=C\C(=C/CC)CC)C(O)/C(C)=C(\C)c1cc(C)c(C)c(C)c1. The maximum absolute atomic E-state index is 10.9. The summed E-state index contributed by atoms with van der Waals surface area (Å²) in [6, 6.07) is 4.41. The summed E-state index contributed by atoms with van der Waals surface area (Å²) in [6.07, 6.45) is 5.73. The molecule has 0 aliphatic carbocycles. The zero-order valence-electron chi connectivity index (χ0n) is 18.0. The Labute approximate surface area is 160 Å². The standard InChI is InChI=1S/C25H36O/c1-10-12-23(11-2)13-16(3)20(7)25(26)22(9)21(8)24-14-17(4)19(6)18(5)15-24/h12-15,25-26H,7,10-11H2,1-6,8-9H3/b16-13-,22-21+,23-12-. The van der Waals surface area contributed by atoms with Crippen LogP contribution in [0.3, 0.4) is 0 Å². The van der Waals surface area contributed by atoms with Crippen molar-refractivity contribution in [3.05, 3.63) is 75.4 Å². The molecule has 0 spiro atoms. The van der Waals surface area contributed by atoms with Gasteiger partial charge in [0.2, 0.25) is 0 Å². The highest BCUT2D eigenvalue weighted by Crippen LogP contribution is 2.28. The van der Waals surface area contributed by atoms with Gasteiger partial charge in [-0.2, -0.15) is 0 Å². The first kappa shape index (κ1) is 22.2. The van der Waals surface area contributed by atoms with Gasteiger partial charge in [-0.25, -0.2) is 0 Å². The number of allylic oxidation sites excluding steroid dienone is 4. The van der Waals surface area contributed by atoms with Gasteiger partial charge in [-0.05, 0) is 98.9 Å². The van der Waals surface area contributed by atoms with Crippen molar-refractivity contribution in [3.8, 4) is 0 Å². The topological polar surface area (TPSA) is 20.2 Å². The van der Waals surface area contributed by atoms with E-state index in [1.807, 2.05) is 13.8 Å². The van der Waals surface area contributed by atoms with Crippen molar-refractivity contribution < 1.29 is 5.11 Å². The van der Waals surface area contributed by atoms with Crippen molar-refractivity contribution in [3.63, 3.8) is 0 Å². The molecule has 0 aliphatic heterocycles. The summed E-state index contributed by atoms with van der Waals surface area (Å²) in [5.41, 5.74) is 10.3. The molecule has 0 amide bonds. The molecular formula is C25H36O. The van der Waals surface area contributed by atoms with Gasteiger partial charge >= 0.3 is 0 Å². The van der Waals surface area contributed by atoms with Crippen LogP contribution < -0.4 is 0 Å². The Bertz CT molecular complexity index is 733. The Kier molecular flexibility index (Phi) is 8.30. The number of aryl methyl sites for hydroxylation is 2. The van der Waals surface area contributed by atoms with E-state index in [-0.39, 0.29) is 0 Å². The lowest BCUT2D eigenvalue weighted by atomic mass is 9.89. The average molecular weight is 353 g/mol. The molecule has 0 fully saturated rings. The third-order valence-corrected chi connectivity index (χ3v) is 5.47. The number of aliphatic hydroxyl groups excluding tert-OH is 1. The van der Waals surface area contributed by atoms with Gasteiger partial charge in [-0.15, -0.1) is 0 Å². The summed E-state index contributed by atoms with van der Waals surface area (Å²) in [4.78, 5) is 0. The number of aliphatic hydroxyl groups is 1. The van der Waals surface area contributed by atoms with Gasteiger partial charge in [0, 0.05) is 0 Å². The van der Waals surface area contributed by atoms with Gasteiger partial charge < -0.3 is 5.11 Å². The van der Waals surface area contributed by atoms with E-state index in [9.17, 15) is 5.11 Å². The molecule has 1 N–H and O–H groups in total. The lowest BCUT2D eigenvalue weighted by Crippen LogP contribution is -2.13. The summed E-state index contributed by atoms with van der Waals surface area (Å²) in [5, 5.41) is 10.9. The van der Waals surface area contributed by atoms with E-state index >= 15 is 0 Å². The lowest BCUT2D eigenvalue weighted by Gasteiger charge is -2.19. The van der Waals surface area contributed by atoms with E-state index in [1.54, 1.807) is 0 Å². The van der Waals surface area contributed by atoms with E-state index in [1.165, 1.54) is 27.8 Å². The molecule has 0 aliphatic rings. The summed E-state index contributed by atoms with van der Waals surface area (Å²) in [5.74, 6) is 0. The third kappa shape index (κ3) is 5.32. The van der Waals surface area contributed by atoms with Crippen molar-refractivity contribution in [2.24, 2.45) is 0 Å². The first-order chi connectivity index (χ1) is 12.1. The second-order valence-electron chi connectivity index (χ2n) is 7.34. The zero-order valence-corrected chi connectivity index (χ0v) is 18.0. The van der Waals surface area contributed by atoms with Gasteiger partial charge in [-0.1, -0.05) is 50.3 Å². The molecule has 1 rings (SSSR count). The van der Waals surface area contributed by atoms with Gasteiger partial charge in [0.1, 0.15) is 6.10 Å². The molecule has 0 aromatic heterocycles. The Morgan fingerprint density at radius 2 is 1.62 bits per heavy atom. The Hall–Kier alpha value is -1.86. The normalized spacial score (nSPS) is 15.0. The Morgan fingerprint density at radius 3 is 2.08 bits per heavy atom. The molecule has 26 heavy (non-hydrogen) atoms. The minimum Gasteiger partial charge on any atom is -0.384 e. The van der Waals surface area contributed by atoms with Crippen molar-refractivity contribution in [2.75, 3.05) is 0 Å². The molecule has 0 heterocycles. The van der Waals surface area contributed by atoms with Crippen molar-refractivity contribution in [1.82, 2.24) is 0 Å². The zero-order chi connectivity index (χ0) is 20.0. The molecule has 142 valence electrons. The summed E-state index contributed by atoms with van der Waals surface area (Å²) in [7, 11) is 0. The predicted octanol–water partition coefficient (Wildman–Crippen LogP) is 7.02. The molecule has 0 saturated heterocycles. The molecule has 0 saturated carbocycles. The van der Waals surface area contributed by atoms with Crippen LogP contribution in [0.4, 0.5) is 0 Å². The molecule has 1 aromatic rings. The molecule has 1 heteroatoms. The fourth-order valence-corrected chi connectivity index (χ4v) is 3.10. The summed E-state index contributed by atoms with van der Waals surface area (Å²) < 4.78 is 0. The fraction of sp³-hybridized carbons (Fsp3) is 0.440. The maximum Gasteiger partial charge on any atom is 0.100 e. The van der Waals surface area contributed by atoms with E-state index in [2.05, 4.69) is 72.4 Å². The summed E-state index contributed by atoms with van der Waals surface area (Å²) in [6.45, 7) is 21.0. The van der Waals surface area contributed by atoms with Gasteiger partial charge in [0.25, 0.3) is 0 Å². The number of benzene rings is 1.